The van der Waals surface area contributed by atoms with Crippen molar-refractivity contribution in [2.45, 2.75) is 19.9 Å². The van der Waals surface area contributed by atoms with E-state index in [1.807, 2.05) is 13.0 Å². The number of esters is 1. The van der Waals surface area contributed by atoms with E-state index in [0.717, 1.165) is 5.76 Å². The number of hydrogen-bond acceptors (Lipinski definition) is 8. The van der Waals surface area contributed by atoms with Gasteiger partial charge < -0.3 is 18.6 Å². The molecule has 1 aliphatic rings. The van der Waals surface area contributed by atoms with Crippen LogP contribution in [0.4, 0.5) is 0 Å². The minimum atomic E-state index is -0.770. The van der Waals surface area contributed by atoms with Crippen LogP contribution in [0.5, 0.6) is 11.5 Å². The topological polar surface area (TPSA) is 92.3 Å². The molecule has 0 N–H and O–H groups in total. The zero-order valence-corrected chi connectivity index (χ0v) is 20.1. The summed E-state index contributed by atoms with van der Waals surface area (Å²) in [6.45, 7) is 7.20. The molecular weight excluding hydrogens is 456 g/mol. The number of rotatable bonds is 7. The molecule has 3 aromatic rings. The van der Waals surface area contributed by atoms with Crippen LogP contribution < -0.4 is 24.4 Å². The van der Waals surface area contributed by atoms with Crippen molar-refractivity contribution < 1.29 is 23.4 Å². The third kappa shape index (κ3) is 4.22. The Kier molecular flexibility index (Phi) is 6.56. The summed E-state index contributed by atoms with van der Waals surface area (Å²) in [5, 5.41) is 0. The maximum Gasteiger partial charge on any atom is 0.338 e. The van der Waals surface area contributed by atoms with Gasteiger partial charge in [0.1, 0.15) is 18.1 Å². The van der Waals surface area contributed by atoms with E-state index in [0.29, 0.717) is 37.9 Å². The van der Waals surface area contributed by atoms with Crippen LogP contribution in [0.15, 0.2) is 68.5 Å². The van der Waals surface area contributed by atoms with Gasteiger partial charge in [0.2, 0.25) is 0 Å². The molecule has 34 heavy (non-hydrogen) atoms. The van der Waals surface area contributed by atoms with Gasteiger partial charge in [0.15, 0.2) is 16.3 Å². The quantitative estimate of drug-likeness (QED) is 0.381. The Bertz CT molecular complexity index is 1470. The average molecular weight is 481 g/mol. The van der Waals surface area contributed by atoms with Crippen LogP contribution >= 0.6 is 11.3 Å². The summed E-state index contributed by atoms with van der Waals surface area (Å²) < 4.78 is 23.7. The molecule has 1 atom stereocenters. The first-order valence-corrected chi connectivity index (χ1v) is 11.3. The van der Waals surface area contributed by atoms with E-state index in [-0.39, 0.29) is 17.7 Å². The highest BCUT2D eigenvalue weighted by Gasteiger charge is 2.34. The highest BCUT2D eigenvalue weighted by Crippen LogP contribution is 2.36. The fourth-order valence-corrected chi connectivity index (χ4v) is 4.82. The van der Waals surface area contributed by atoms with Gasteiger partial charge in [-0.1, -0.05) is 30.1 Å². The number of aryl methyl sites for hydroxylation is 1. The van der Waals surface area contributed by atoms with Crippen molar-refractivity contribution in [1.82, 2.24) is 4.57 Å². The molecule has 1 aromatic carbocycles. The summed E-state index contributed by atoms with van der Waals surface area (Å²) in [4.78, 5) is 31.7. The second kappa shape index (κ2) is 9.56. The second-order valence-corrected chi connectivity index (χ2v) is 8.54. The second-order valence-electron chi connectivity index (χ2n) is 7.53. The summed E-state index contributed by atoms with van der Waals surface area (Å²) in [7, 11) is 3.07. The normalized spacial score (nSPS) is 15.5. The predicted octanol–water partition coefficient (Wildman–Crippen LogP) is 2.88. The third-order valence-corrected chi connectivity index (χ3v) is 6.31. The average Bonchev–Trinajstić information content (AvgIpc) is 3.38. The van der Waals surface area contributed by atoms with Gasteiger partial charge in [0, 0.05) is 6.08 Å². The van der Waals surface area contributed by atoms with Crippen LogP contribution in [-0.2, 0) is 9.53 Å². The highest BCUT2D eigenvalue weighted by molar-refractivity contribution is 7.07. The lowest BCUT2D eigenvalue weighted by Gasteiger charge is -2.25. The first kappa shape index (κ1) is 23.3. The van der Waals surface area contributed by atoms with Gasteiger partial charge >= 0.3 is 5.97 Å². The van der Waals surface area contributed by atoms with Crippen molar-refractivity contribution in [3.8, 4) is 11.5 Å². The molecule has 0 spiro atoms. The van der Waals surface area contributed by atoms with Crippen LogP contribution in [-0.4, -0.2) is 31.4 Å². The minimum Gasteiger partial charge on any atom is -0.493 e. The van der Waals surface area contributed by atoms with Crippen molar-refractivity contribution in [3.05, 3.63) is 91.0 Å². The first-order valence-electron chi connectivity index (χ1n) is 10.5. The number of thiazole rings is 1. The molecule has 1 aliphatic heterocycles. The van der Waals surface area contributed by atoms with Crippen molar-refractivity contribution in [2.24, 2.45) is 4.99 Å². The van der Waals surface area contributed by atoms with Gasteiger partial charge in [-0.15, -0.1) is 0 Å². The van der Waals surface area contributed by atoms with Gasteiger partial charge in [-0.05, 0) is 43.7 Å². The van der Waals surface area contributed by atoms with Crippen LogP contribution in [0.25, 0.3) is 6.08 Å². The number of carbonyl (C=O) groups is 1. The molecule has 0 saturated heterocycles. The largest absolute Gasteiger partial charge is 0.493 e. The smallest absolute Gasteiger partial charge is 0.338 e. The van der Waals surface area contributed by atoms with E-state index in [1.54, 1.807) is 44.4 Å². The predicted molar refractivity (Wildman–Crippen MR) is 128 cm³/mol. The molecule has 176 valence electrons. The Morgan fingerprint density at radius 2 is 1.97 bits per heavy atom. The number of carbonyl (C=O) groups excluding carboxylic acids is 1. The van der Waals surface area contributed by atoms with Gasteiger partial charge in [-0.3, -0.25) is 9.36 Å². The highest BCUT2D eigenvalue weighted by atomic mass is 32.1. The molecule has 2 aromatic heterocycles. The van der Waals surface area contributed by atoms with E-state index >= 15 is 0 Å². The maximum atomic E-state index is 13.6. The summed E-state index contributed by atoms with van der Waals surface area (Å²) in [6, 6.07) is 8.12. The van der Waals surface area contributed by atoms with Gasteiger partial charge in [-0.25, -0.2) is 9.79 Å². The molecular formula is C25H24N2O6S. The van der Waals surface area contributed by atoms with Gasteiger partial charge in [-0.2, -0.15) is 0 Å². The monoisotopic (exact) mass is 480 g/mol. The Morgan fingerprint density at radius 3 is 2.62 bits per heavy atom. The van der Waals surface area contributed by atoms with Crippen LogP contribution in [0.1, 0.15) is 30.0 Å². The van der Waals surface area contributed by atoms with Gasteiger partial charge in [0.05, 0.1) is 36.1 Å². The van der Waals surface area contributed by atoms with Crippen LogP contribution in [0, 0.1) is 6.92 Å². The molecule has 0 unspecified atom stereocenters. The lowest BCUT2D eigenvalue weighted by atomic mass is 9.95. The third-order valence-electron chi connectivity index (χ3n) is 5.33. The van der Waals surface area contributed by atoms with Crippen molar-refractivity contribution in [1.29, 1.82) is 0 Å². The van der Waals surface area contributed by atoms with Crippen molar-refractivity contribution in [2.75, 3.05) is 20.8 Å². The summed E-state index contributed by atoms with van der Waals surface area (Å²) >= 11 is 1.23. The maximum absolute atomic E-state index is 13.6. The standard InChI is InChI=1S/C25H24N2O6S/c1-6-11-32-24(29)21-15(3)26-25-27(22(21)16-8-10-18(30-4)19(12-16)31-5)23(28)20(34-25)13-17-9-7-14(2)33-17/h6-10,12-13,22H,1,11H2,2-5H3/b20-13-/t22-/m0/s1. The van der Waals surface area contributed by atoms with E-state index in [4.69, 9.17) is 18.6 Å². The number of methoxy groups -OCH3 is 2. The number of hydrogen-bond donors (Lipinski definition) is 0. The lowest BCUT2D eigenvalue weighted by molar-refractivity contribution is -0.138. The minimum absolute atomic E-state index is 0.0382. The number of benzene rings is 1. The molecule has 8 nitrogen and oxygen atoms in total. The van der Waals surface area contributed by atoms with E-state index in [1.165, 1.54) is 29.1 Å². The SMILES string of the molecule is C=CCOC(=O)C1=C(C)N=c2s/c(=C\c3ccc(C)o3)c(=O)n2[C@H]1c1ccc(OC)c(OC)c1. The molecule has 9 heteroatoms. The Labute approximate surface area is 199 Å². The zero-order chi connectivity index (χ0) is 24.4. The number of nitrogens with zero attached hydrogens (tertiary/aromatic N) is 2. The number of allylic oxidation sites excluding steroid dienone is 1. The number of aromatic nitrogens is 1. The number of fused-ring (bicyclic) bond motifs is 1. The molecule has 3 heterocycles. The Morgan fingerprint density at radius 1 is 1.21 bits per heavy atom. The summed E-state index contributed by atoms with van der Waals surface area (Å²) in [6.07, 6.45) is 3.16. The van der Waals surface area contributed by atoms with Crippen molar-refractivity contribution in [3.63, 3.8) is 0 Å². The molecule has 0 saturated carbocycles. The fraction of sp³-hybridized carbons (Fsp3) is 0.240. The molecule has 4 rings (SSSR count). The number of ether oxygens (including phenoxy) is 3. The van der Waals surface area contributed by atoms with Gasteiger partial charge in [0.25, 0.3) is 5.56 Å². The lowest BCUT2D eigenvalue weighted by Crippen LogP contribution is -2.40. The molecule has 0 fully saturated rings. The molecule has 0 bridgehead atoms. The Hall–Kier alpha value is -3.85. The first-order chi connectivity index (χ1) is 16.4. The molecule has 0 amide bonds. The van der Waals surface area contributed by atoms with E-state index < -0.39 is 12.0 Å². The fourth-order valence-electron chi connectivity index (χ4n) is 3.79. The summed E-state index contributed by atoms with van der Waals surface area (Å²) in [5.41, 5.74) is 1.09. The Balaban J connectivity index is 1.96. The van der Waals surface area contributed by atoms with Crippen molar-refractivity contribution >= 4 is 23.4 Å². The van der Waals surface area contributed by atoms with Crippen LogP contribution in [0.3, 0.4) is 0 Å². The molecule has 0 aliphatic carbocycles. The molecule has 0 radical (unpaired) electrons. The zero-order valence-electron chi connectivity index (χ0n) is 19.3. The summed E-state index contributed by atoms with van der Waals surface area (Å²) in [5.74, 6) is 1.74. The van der Waals surface area contributed by atoms with E-state index in [2.05, 4.69) is 11.6 Å². The van der Waals surface area contributed by atoms with Crippen LogP contribution in [0.2, 0.25) is 0 Å². The van der Waals surface area contributed by atoms with E-state index in [9.17, 15) is 9.59 Å². The number of furan rings is 1.